The monoisotopic (exact) mass is 312 g/mol. The molecule has 23 heavy (non-hydrogen) atoms. The van der Waals surface area contributed by atoms with Crippen LogP contribution in [0.5, 0.6) is 0 Å². The highest BCUT2D eigenvalue weighted by Gasteiger charge is 2.36. The summed E-state index contributed by atoms with van der Waals surface area (Å²) in [6, 6.07) is 8.02. The molecule has 1 amide bonds. The summed E-state index contributed by atoms with van der Waals surface area (Å²) in [4.78, 5) is 35.5. The molecule has 1 aromatic carbocycles. The summed E-state index contributed by atoms with van der Waals surface area (Å²) >= 11 is 0. The van der Waals surface area contributed by atoms with Gasteiger partial charge in [0, 0.05) is 39.0 Å². The minimum absolute atomic E-state index is 0.0515. The van der Waals surface area contributed by atoms with E-state index < -0.39 is 0 Å². The van der Waals surface area contributed by atoms with Gasteiger partial charge in [0.2, 0.25) is 5.91 Å². The van der Waals surface area contributed by atoms with Crippen molar-refractivity contribution in [3.63, 3.8) is 0 Å². The number of nitrogens with zero attached hydrogens (tertiary/aromatic N) is 3. The van der Waals surface area contributed by atoms with Gasteiger partial charge >= 0.3 is 0 Å². The number of aromatic nitrogens is 2. The standard InChI is InChI=1S/C17H20N4O2/c22-13-9-12(10-13)17(23)21-7-5-20(6-8-21)11-16-18-14-3-1-2-4-15(14)19-16/h1-4,12H,5-11H2,(H,18,19). The summed E-state index contributed by atoms with van der Waals surface area (Å²) < 4.78 is 0. The first-order valence-electron chi connectivity index (χ1n) is 8.15. The topological polar surface area (TPSA) is 69.3 Å². The Balaban J connectivity index is 1.32. The van der Waals surface area contributed by atoms with Crippen molar-refractivity contribution in [3.8, 4) is 0 Å². The number of Topliss-reactive ketones (excluding diaryl/α,β-unsaturated/α-hetero) is 1. The fraction of sp³-hybridized carbons (Fsp3) is 0.471. The van der Waals surface area contributed by atoms with Gasteiger partial charge in [0.15, 0.2) is 0 Å². The zero-order chi connectivity index (χ0) is 15.8. The Hall–Kier alpha value is -2.21. The predicted octanol–water partition coefficient (Wildman–Crippen LogP) is 1.19. The lowest BCUT2D eigenvalue weighted by Crippen LogP contribution is -2.51. The first-order valence-corrected chi connectivity index (χ1v) is 8.15. The van der Waals surface area contributed by atoms with Crippen molar-refractivity contribution in [2.45, 2.75) is 19.4 Å². The highest BCUT2D eigenvalue weighted by Crippen LogP contribution is 2.25. The number of para-hydroxylation sites is 2. The van der Waals surface area contributed by atoms with E-state index >= 15 is 0 Å². The van der Waals surface area contributed by atoms with Crippen molar-refractivity contribution >= 4 is 22.7 Å². The summed E-state index contributed by atoms with van der Waals surface area (Å²) in [5, 5.41) is 0. The lowest BCUT2D eigenvalue weighted by Gasteiger charge is -2.37. The molecule has 0 unspecified atom stereocenters. The Bertz CT molecular complexity index is 705. The molecule has 2 aliphatic rings. The maximum absolute atomic E-state index is 12.2. The summed E-state index contributed by atoms with van der Waals surface area (Å²) in [5.41, 5.74) is 2.05. The van der Waals surface area contributed by atoms with Gasteiger partial charge in [0.25, 0.3) is 0 Å². The number of H-pyrrole nitrogens is 1. The van der Waals surface area contributed by atoms with Crippen molar-refractivity contribution in [1.29, 1.82) is 0 Å². The number of hydrogen-bond donors (Lipinski definition) is 1. The highest BCUT2D eigenvalue weighted by molar-refractivity contribution is 5.96. The molecule has 0 atom stereocenters. The van der Waals surface area contributed by atoms with Gasteiger partial charge in [0.1, 0.15) is 11.6 Å². The molecule has 120 valence electrons. The van der Waals surface area contributed by atoms with Crippen molar-refractivity contribution < 1.29 is 9.59 Å². The lowest BCUT2D eigenvalue weighted by atomic mass is 9.83. The van der Waals surface area contributed by atoms with E-state index in [1.807, 2.05) is 29.2 Å². The smallest absolute Gasteiger partial charge is 0.226 e. The normalized spacial score (nSPS) is 20.0. The third-order valence-electron chi connectivity index (χ3n) is 4.79. The maximum Gasteiger partial charge on any atom is 0.226 e. The van der Waals surface area contributed by atoms with Crippen LogP contribution in [0, 0.1) is 5.92 Å². The first kappa shape index (κ1) is 14.4. The van der Waals surface area contributed by atoms with E-state index in [2.05, 4.69) is 14.9 Å². The number of rotatable bonds is 3. The third kappa shape index (κ3) is 2.86. The molecule has 4 rings (SSSR count). The van der Waals surface area contributed by atoms with Crippen LogP contribution in [0.2, 0.25) is 0 Å². The van der Waals surface area contributed by atoms with Crippen molar-refractivity contribution in [3.05, 3.63) is 30.1 Å². The molecule has 6 nitrogen and oxygen atoms in total. The Morgan fingerprint density at radius 3 is 2.61 bits per heavy atom. The zero-order valence-electron chi connectivity index (χ0n) is 13.0. The van der Waals surface area contributed by atoms with Crippen LogP contribution in [0.15, 0.2) is 24.3 Å². The summed E-state index contributed by atoms with van der Waals surface area (Å²) in [6.07, 6.45) is 0.885. The first-order chi connectivity index (χ1) is 11.2. The number of carbonyl (C=O) groups excluding carboxylic acids is 2. The zero-order valence-corrected chi connectivity index (χ0v) is 13.0. The fourth-order valence-electron chi connectivity index (χ4n) is 3.34. The average molecular weight is 312 g/mol. The number of nitrogens with one attached hydrogen (secondary N) is 1. The molecule has 1 saturated carbocycles. The average Bonchev–Trinajstić information content (AvgIpc) is 2.94. The molecule has 1 N–H and O–H groups in total. The van der Waals surface area contributed by atoms with Gasteiger partial charge in [-0.15, -0.1) is 0 Å². The van der Waals surface area contributed by atoms with Gasteiger partial charge in [-0.1, -0.05) is 12.1 Å². The van der Waals surface area contributed by atoms with Gasteiger partial charge < -0.3 is 9.88 Å². The van der Waals surface area contributed by atoms with Crippen LogP contribution in [0.3, 0.4) is 0 Å². The second-order valence-electron chi connectivity index (χ2n) is 6.45. The van der Waals surface area contributed by atoms with Crippen LogP contribution in [0.1, 0.15) is 18.7 Å². The van der Waals surface area contributed by atoms with Gasteiger partial charge in [-0.3, -0.25) is 14.5 Å². The fourth-order valence-corrected chi connectivity index (χ4v) is 3.34. The van der Waals surface area contributed by atoms with Crippen LogP contribution >= 0.6 is 0 Å². The van der Waals surface area contributed by atoms with E-state index in [-0.39, 0.29) is 17.6 Å². The molecule has 1 aromatic heterocycles. The minimum Gasteiger partial charge on any atom is -0.341 e. The number of piperazine rings is 1. The molecule has 6 heteroatoms. The molecule has 1 aliphatic heterocycles. The lowest BCUT2D eigenvalue weighted by molar-refractivity contribution is -0.146. The molecule has 1 saturated heterocycles. The number of imidazole rings is 1. The Kier molecular flexibility index (Phi) is 3.61. The number of amides is 1. The van der Waals surface area contributed by atoms with Crippen molar-refractivity contribution in [2.75, 3.05) is 26.2 Å². The maximum atomic E-state index is 12.2. The van der Waals surface area contributed by atoms with E-state index in [4.69, 9.17) is 0 Å². The van der Waals surface area contributed by atoms with Crippen molar-refractivity contribution in [1.82, 2.24) is 19.8 Å². The molecule has 0 spiro atoms. The molecule has 0 radical (unpaired) electrons. The molecular weight excluding hydrogens is 292 g/mol. The second kappa shape index (κ2) is 5.77. The molecule has 0 bridgehead atoms. The summed E-state index contributed by atoms with van der Waals surface area (Å²) in [5.74, 6) is 1.29. The highest BCUT2D eigenvalue weighted by atomic mass is 16.2. The molecular formula is C17H20N4O2. The van der Waals surface area contributed by atoms with E-state index in [1.165, 1.54) is 0 Å². The number of carbonyl (C=O) groups is 2. The van der Waals surface area contributed by atoms with E-state index in [1.54, 1.807) is 0 Å². The Morgan fingerprint density at radius 1 is 1.17 bits per heavy atom. The van der Waals surface area contributed by atoms with Gasteiger partial charge in [-0.2, -0.15) is 0 Å². The number of ketones is 1. The van der Waals surface area contributed by atoms with Crippen LogP contribution in [0.4, 0.5) is 0 Å². The van der Waals surface area contributed by atoms with Gasteiger partial charge in [-0.05, 0) is 12.1 Å². The number of aromatic amines is 1. The predicted molar refractivity (Wildman–Crippen MR) is 85.7 cm³/mol. The summed E-state index contributed by atoms with van der Waals surface area (Å²) in [6.45, 7) is 3.96. The summed E-state index contributed by atoms with van der Waals surface area (Å²) in [7, 11) is 0. The molecule has 1 aliphatic carbocycles. The van der Waals surface area contributed by atoms with E-state index in [9.17, 15) is 9.59 Å². The minimum atomic E-state index is -0.0515. The largest absolute Gasteiger partial charge is 0.341 e. The molecule has 2 heterocycles. The molecule has 2 aromatic rings. The SMILES string of the molecule is O=C1CC(C(=O)N2CCN(Cc3nc4ccccc4[nH]3)CC2)C1. The van der Waals surface area contributed by atoms with Crippen molar-refractivity contribution in [2.24, 2.45) is 5.92 Å². The number of benzene rings is 1. The van der Waals surface area contributed by atoms with E-state index in [0.29, 0.717) is 12.8 Å². The second-order valence-corrected chi connectivity index (χ2v) is 6.45. The van der Waals surface area contributed by atoms with Crippen LogP contribution in [0.25, 0.3) is 11.0 Å². The van der Waals surface area contributed by atoms with E-state index in [0.717, 1.165) is 49.6 Å². The quantitative estimate of drug-likeness (QED) is 0.924. The number of hydrogen-bond acceptors (Lipinski definition) is 4. The Labute approximate surface area is 134 Å². The van der Waals surface area contributed by atoms with Gasteiger partial charge in [-0.25, -0.2) is 4.98 Å². The Morgan fingerprint density at radius 2 is 1.91 bits per heavy atom. The van der Waals surface area contributed by atoms with Crippen LogP contribution in [-0.2, 0) is 16.1 Å². The van der Waals surface area contributed by atoms with Crippen LogP contribution in [-0.4, -0.2) is 57.6 Å². The third-order valence-corrected chi connectivity index (χ3v) is 4.79. The van der Waals surface area contributed by atoms with Crippen LogP contribution < -0.4 is 0 Å². The molecule has 2 fully saturated rings. The number of fused-ring (bicyclic) bond motifs is 1. The van der Waals surface area contributed by atoms with Gasteiger partial charge in [0.05, 0.1) is 23.5 Å².